The van der Waals surface area contributed by atoms with Crippen molar-refractivity contribution in [3.05, 3.63) is 70.8 Å². The van der Waals surface area contributed by atoms with Crippen molar-refractivity contribution in [1.29, 1.82) is 0 Å². The van der Waals surface area contributed by atoms with Gasteiger partial charge in [0, 0.05) is 0 Å². The summed E-state index contributed by atoms with van der Waals surface area (Å²) in [7, 11) is 0. The second-order valence-corrected chi connectivity index (χ2v) is 6.13. The summed E-state index contributed by atoms with van der Waals surface area (Å²) in [6.07, 6.45) is 8.34. The normalized spacial score (nSPS) is 11.0. The third kappa shape index (κ3) is 6.68. The summed E-state index contributed by atoms with van der Waals surface area (Å²) >= 11 is 0. The number of nitrogens with one attached hydrogen (secondary N) is 1. The van der Waals surface area contributed by atoms with Crippen LogP contribution in [0.3, 0.4) is 0 Å². The van der Waals surface area contributed by atoms with Crippen LogP contribution in [0.4, 0.5) is 0 Å². The second-order valence-electron chi connectivity index (χ2n) is 6.13. The van der Waals surface area contributed by atoms with Crippen LogP contribution in [0.2, 0.25) is 0 Å². The lowest BCUT2D eigenvalue weighted by atomic mass is 10.1. The van der Waals surface area contributed by atoms with E-state index in [1.807, 2.05) is 6.21 Å². The van der Waals surface area contributed by atoms with Crippen LogP contribution in [0, 0.1) is 6.92 Å². The molecule has 0 aliphatic heterocycles. The highest BCUT2D eigenvalue weighted by Crippen LogP contribution is 2.09. The van der Waals surface area contributed by atoms with Crippen molar-refractivity contribution in [1.82, 2.24) is 5.43 Å². The van der Waals surface area contributed by atoms with Crippen molar-refractivity contribution >= 4 is 6.21 Å². The highest BCUT2D eigenvalue weighted by molar-refractivity contribution is 5.79. The van der Waals surface area contributed by atoms with Crippen molar-refractivity contribution < 1.29 is 0 Å². The Hall–Kier alpha value is -2.09. The van der Waals surface area contributed by atoms with Crippen LogP contribution in [-0.2, 0) is 13.0 Å². The maximum Gasteiger partial charge on any atom is 0.0580 e. The van der Waals surface area contributed by atoms with Crippen molar-refractivity contribution in [2.24, 2.45) is 5.10 Å². The Bertz CT molecular complexity index is 582. The van der Waals surface area contributed by atoms with Crippen LogP contribution in [0.15, 0.2) is 53.6 Å². The first-order valence-electron chi connectivity index (χ1n) is 8.68. The number of hydrazone groups is 1. The number of rotatable bonds is 9. The van der Waals surface area contributed by atoms with Crippen molar-refractivity contribution in [3.8, 4) is 0 Å². The molecule has 0 aliphatic carbocycles. The molecular formula is C21H28N2. The van der Waals surface area contributed by atoms with Gasteiger partial charge in [0.15, 0.2) is 0 Å². The fraction of sp³-hybridized carbons (Fsp3) is 0.381. The molecule has 2 aromatic rings. The van der Waals surface area contributed by atoms with Gasteiger partial charge in [0.1, 0.15) is 0 Å². The molecule has 0 aliphatic rings. The smallest absolute Gasteiger partial charge is 0.0580 e. The second kappa shape index (κ2) is 9.83. The van der Waals surface area contributed by atoms with Gasteiger partial charge in [-0.15, -0.1) is 0 Å². The van der Waals surface area contributed by atoms with Gasteiger partial charge in [0.05, 0.1) is 12.8 Å². The lowest BCUT2D eigenvalue weighted by Crippen LogP contribution is -2.05. The molecule has 0 aromatic heterocycles. The average molecular weight is 308 g/mol. The molecule has 0 amide bonds. The van der Waals surface area contributed by atoms with E-state index in [2.05, 4.69) is 72.9 Å². The summed E-state index contributed by atoms with van der Waals surface area (Å²) in [5.74, 6) is 0. The third-order valence-corrected chi connectivity index (χ3v) is 4.01. The number of hydrogen-bond acceptors (Lipinski definition) is 2. The first kappa shape index (κ1) is 17.3. The van der Waals surface area contributed by atoms with Gasteiger partial charge < -0.3 is 5.43 Å². The average Bonchev–Trinajstić information content (AvgIpc) is 2.58. The fourth-order valence-electron chi connectivity index (χ4n) is 2.49. The van der Waals surface area contributed by atoms with E-state index in [4.69, 9.17) is 0 Å². The quantitative estimate of drug-likeness (QED) is 0.382. The van der Waals surface area contributed by atoms with Gasteiger partial charge in [0.25, 0.3) is 0 Å². The number of benzene rings is 2. The van der Waals surface area contributed by atoms with Crippen LogP contribution in [0.1, 0.15) is 54.9 Å². The maximum absolute atomic E-state index is 4.30. The molecule has 0 bridgehead atoms. The van der Waals surface area contributed by atoms with Gasteiger partial charge in [-0.25, -0.2) is 0 Å². The molecule has 0 heterocycles. The van der Waals surface area contributed by atoms with Gasteiger partial charge in [-0.3, -0.25) is 0 Å². The molecule has 0 atom stereocenters. The lowest BCUT2D eigenvalue weighted by molar-refractivity contribution is 0.667. The van der Waals surface area contributed by atoms with E-state index >= 15 is 0 Å². The maximum atomic E-state index is 4.30. The number of nitrogens with zero attached hydrogens (tertiary/aromatic N) is 1. The predicted octanol–water partition coefficient (Wildman–Crippen LogP) is 5.24. The van der Waals surface area contributed by atoms with E-state index in [9.17, 15) is 0 Å². The molecule has 23 heavy (non-hydrogen) atoms. The number of aryl methyl sites for hydroxylation is 2. The van der Waals surface area contributed by atoms with Crippen LogP contribution < -0.4 is 5.43 Å². The Labute approximate surface area is 140 Å². The van der Waals surface area contributed by atoms with Gasteiger partial charge in [-0.05, 0) is 36.5 Å². The Morgan fingerprint density at radius 2 is 1.57 bits per heavy atom. The van der Waals surface area contributed by atoms with E-state index in [0.29, 0.717) is 0 Å². The molecular weight excluding hydrogens is 280 g/mol. The largest absolute Gasteiger partial charge is 0.306 e. The molecule has 2 aromatic carbocycles. The first-order chi connectivity index (χ1) is 11.3. The number of unbranched alkanes of at least 4 members (excludes halogenated alkanes) is 3. The topological polar surface area (TPSA) is 24.4 Å². The molecule has 122 valence electrons. The Balaban J connectivity index is 1.73. The van der Waals surface area contributed by atoms with E-state index in [-0.39, 0.29) is 0 Å². The summed E-state index contributed by atoms with van der Waals surface area (Å²) < 4.78 is 0. The van der Waals surface area contributed by atoms with Crippen LogP contribution in [-0.4, -0.2) is 6.21 Å². The third-order valence-electron chi connectivity index (χ3n) is 4.01. The molecule has 0 unspecified atom stereocenters. The van der Waals surface area contributed by atoms with Gasteiger partial charge >= 0.3 is 0 Å². The SMILES string of the molecule is CCCCCCc1ccc(/C=N/NCc2ccc(C)cc2)cc1. The standard InChI is InChI=1S/C21H28N2/c1-3-4-5-6-7-19-12-14-21(15-13-19)17-23-22-16-20-10-8-18(2)9-11-20/h8-15,17,22H,3-7,16H2,1-2H3/b23-17+. The van der Waals surface area contributed by atoms with Gasteiger partial charge in [0.2, 0.25) is 0 Å². The van der Waals surface area contributed by atoms with Crippen LogP contribution in [0.25, 0.3) is 0 Å². The highest BCUT2D eigenvalue weighted by atomic mass is 15.3. The molecule has 0 fully saturated rings. The Morgan fingerprint density at radius 1 is 0.870 bits per heavy atom. The van der Waals surface area contributed by atoms with E-state index in [1.54, 1.807) is 0 Å². The van der Waals surface area contributed by atoms with E-state index < -0.39 is 0 Å². The van der Waals surface area contributed by atoms with Gasteiger partial charge in [-0.1, -0.05) is 80.3 Å². The minimum absolute atomic E-state index is 0.756. The summed E-state index contributed by atoms with van der Waals surface area (Å²) in [4.78, 5) is 0. The van der Waals surface area contributed by atoms with Gasteiger partial charge in [-0.2, -0.15) is 5.10 Å². The van der Waals surface area contributed by atoms with E-state index in [0.717, 1.165) is 12.1 Å². The Kier molecular flexibility index (Phi) is 7.38. The first-order valence-corrected chi connectivity index (χ1v) is 8.68. The molecule has 2 rings (SSSR count). The zero-order chi connectivity index (χ0) is 16.3. The Morgan fingerprint density at radius 3 is 2.26 bits per heavy atom. The molecule has 0 radical (unpaired) electrons. The molecule has 2 nitrogen and oxygen atoms in total. The number of hydrogen-bond donors (Lipinski definition) is 1. The zero-order valence-electron chi connectivity index (χ0n) is 14.4. The minimum Gasteiger partial charge on any atom is -0.306 e. The molecule has 1 N–H and O–H groups in total. The predicted molar refractivity (Wildman–Crippen MR) is 99.9 cm³/mol. The van der Waals surface area contributed by atoms with Crippen LogP contribution >= 0.6 is 0 Å². The van der Waals surface area contributed by atoms with Crippen molar-refractivity contribution in [3.63, 3.8) is 0 Å². The van der Waals surface area contributed by atoms with E-state index in [1.165, 1.54) is 48.8 Å². The molecule has 0 saturated heterocycles. The van der Waals surface area contributed by atoms with Crippen molar-refractivity contribution in [2.75, 3.05) is 0 Å². The summed E-state index contributed by atoms with van der Waals surface area (Å²) in [5, 5.41) is 4.30. The van der Waals surface area contributed by atoms with Crippen LogP contribution in [0.5, 0.6) is 0 Å². The minimum atomic E-state index is 0.756. The molecule has 0 spiro atoms. The molecule has 0 saturated carbocycles. The monoisotopic (exact) mass is 308 g/mol. The summed E-state index contributed by atoms with van der Waals surface area (Å²) in [6, 6.07) is 17.2. The summed E-state index contributed by atoms with van der Waals surface area (Å²) in [6.45, 7) is 5.11. The lowest BCUT2D eigenvalue weighted by Gasteiger charge is -2.03. The zero-order valence-corrected chi connectivity index (χ0v) is 14.4. The van der Waals surface area contributed by atoms with Crippen molar-refractivity contribution in [2.45, 2.75) is 52.5 Å². The fourth-order valence-corrected chi connectivity index (χ4v) is 2.49. The summed E-state index contributed by atoms with van der Waals surface area (Å²) in [5.41, 5.74) is 8.19. The molecule has 2 heteroatoms. The highest BCUT2D eigenvalue weighted by Gasteiger charge is 1.94.